The van der Waals surface area contributed by atoms with Crippen molar-refractivity contribution in [2.75, 3.05) is 37.7 Å². The molecule has 8 heteroatoms. The van der Waals surface area contributed by atoms with Gasteiger partial charge in [0.15, 0.2) is 5.71 Å². The summed E-state index contributed by atoms with van der Waals surface area (Å²) >= 11 is 0. The molecule has 0 saturated heterocycles. The number of ether oxygens (including phenoxy) is 1. The highest BCUT2D eigenvalue weighted by Gasteiger charge is 2.49. The van der Waals surface area contributed by atoms with Crippen LogP contribution in [-0.2, 0) is 30.0 Å². The molecule has 3 aliphatic rings. The van der Waals surface area contributed by atoms with Crippen LogP contribution in [0.15, 0.2) is 95.8 Å². The van der Waals surface area contributed by atoms with Crippen LogP contribution in [0.1, 0.15) is 111 Å². The first kappa shape index (κ1) is 41.4. The van der Waals surface area contributed by atoms with Gasteiger partial charge in [-0.3, -0.25) is 14.4 Å². The highest BCUT2D eigenvalue weighted by atomic mass is 16.5. The number of unbranched alkanes of at least 4 members (excludes halogenated alkanes) is 2. The minimum Gasteiger partial charge on any atom is -0.466 e. The van der Waals surface area contributed by atoms with Gasteiger partial charge in [0.2, 0.25) is 17.5 Å². The molecule has 1 aliphatic carbocycles. The summed E-state index contributed by atoms with van der Waals surface area (Å²) in [7, 11) is 0. The summed E-state index contributed by atoms with van der Waals surface area (Å²) in [6.45, 7) is 20.2. The molecule has 0 bridgehead atoms. The van der Waals surface area contributed by atoms with Gasteiger partial charge in [-0.15, -0.1) is 0 Å². The Labute approximate surface area is 329 Å². The summed E-state index contributed by atoms with van der Waals surface area (Å²) in [6.07, 6.45) is 14.7. The molecule has 2 amide bonds. The quantitative estimate of drug-likeness (QED) is 0.0776. The first-order valence-corrected chi connectivity index (χ1v) is 20.5. The van der Waals surface area contributed by atoms with E-state index in [0.717, 1.165) is 37.1 Å². The smallest absolute Gasteiger partial charge is 0.305 e. The Bertz CT molecular complexity index is 1910. The van der Waals surface area contributed by atoms with E-state index < -0.39 is 5.41 Å². The molecule has 0 aromatic heterocycles. The maximum atomic E-state index is 14.5. The average Bonchev–Trinajstić information content (AvgIpc) is 3.54. The van der Waals surface area contributed by atoms with E-state index in [1.165, 1.54) is 33.9 Å². The lowest BCUT2D eigenvalue weighted by molar-refractivity contribution is -0.433. The second-order valence-corrected chi connectivity index (χ2v) is 16.1. The first-order valence-electron chi connectivity index (χ1n) is 20.5. The molecule has 0 fully saturated rings. The number of fused-ring (bicyclic) bond motifs is 2. The van der Waals surface area contributed by atoms with Crippen molar-refractivity contribution in [1.29, 1.82) is 0 Å². The van der Waals surface area contributed by atoms with Crippen LogP contribution >= 0.6 is 0 Å². The molecular formula is C47H63N4O4+. The molecule has 2 aliphatic heterocycles. The molecule has 5 rings (SSSR count). The molecule has 2 aromatic rings. The fourth-order valence-electron chi connectivity index (χ4n) is 8.66. The van der Waals surface area contributed by atoms with E-state index in [2.05, 4.69) is 141 Å². The molecule has 55 heavy (non-hydrogen) atoms. The van der Waals surface area contributed by atoms with Gasteiger partial charge in [-0.1, -0.05) is 81.8 Å². The van der Waals surface area contributed by atoms with E-state index in [4.69, 9.17) is 4.74 Å². The zero-order valence-electron chi connectivity index (χ0n) is 34.5. The van der Waals surface area contributed by atoms with E-state index >= 15 is 0 Å². The topological polar surface area (TPSA) is 90.8 Å². The Morgan fingerprint density at radius 3 is 2.18 bits per heavy atom. The van der Waals surface area contributed by atoms with E-state index in [9.17, 15) is 14.4 Å². The van der Waals surface area contributed by atoms with Crippen LogP contribution < -0.4 is 15.5 Å². The Kier molecular flexibility index (Phi) is 13.4. The van der Waals surface area contributed by atoms with Crippen LogP contribution in [0.5, 0.6) is 0 Å². The molecule has 1 atom stereocenters. The molecule has 0 radical (unpaired) electrons. The lowest BCUT2D eigenvalue weighted by Crippen LogP contribution is -2.53. The van der Waals surface area contributed by atoms with E-state index in [0.29, 0.717) is 39.0 Å². The van der Waals surface area contributed by atoms with Gasteiger partial charge in [0.05, 0.1) is 12.0 Å². The fourth-order valence-corrected chi connectivity index (χ4v) is 8.66. The second kappa shape index (κ2) is 17.8. The number of nitrogens with zero attached hydrogens (tertiary/aromatic N) is 2. The standard InChI is InChI=1S/C47H62N4O4/c1-9-29-48-43(53)47(44(54)49-30-19-13-14-24-42(52)55-12-4)32-34(25-27-40-45(5,6)36-20-15-17-22-38(36)50(40)10-2)31-35(33-47)26-28-41-46(7,8)37-21-16-18-23-39(37)51(41)11-3/h15-18,20-23,25-28,31H,9-14,19,24,29-30,32-33H2,1-8H3,(H-,48,49,53,54)/p+1. The number of nitrogens with one attached hydrogen (secondary N) is 2. The van der Waals surface area contributed by atoms with Gasteiger partial charge in [-0.2, -0.15) is 4.58 Å². The van der Waals surface area contributed by atoms with Crippen molar-refractivity contribution in [3.8, 4) is 0 Å². The molecular weight excluding hydrogens is 685 g/mol. The maximum Gasteiger partial charge on any atom is 0.305 e. The Balaban J connectivity index is 1.53. The molecule has 0 spiro atoms. The second-order valence-electron chi connectivity index (χ2n) is 16.1. The van der Waals surface area contributed by atoms with Crippen LogP contribution in [0.3, 0.4) is 0 Å². The van der Waals surface area contributed by atoms with Gasteiger partial charge < -0.3 is 20.3 Å². The molecule has 2 N–H and O–H groups in total. The number of likely N-dealkylation sites (N-methyl/N-ethyl adjacent to an activating group) is 1. The molecule has 0 saturated carbocycles. The molecule has 2 heterocycles. The third-order valence-electron chi connectivity index (χ3n) is 11.6. The predicted molar refractivity (Wildman–Crippen MR) is 224 cm³/mol. The van der Waals surface area contributed by atoms with Crippen molar-refractivity contribution < 1.29 is 23.7 Å². The molecule has 2 aromatic carbocycles. The lowest BCUT2D eigenvalue weighted by Gasteiger charge is -2.35. The van der Waals surface area contributed by atoms with E-state index in [1.807, 2.05) is 6.92 Å². The zero-order chi connectivity index (χ0) is 39.8. The number of rotatable bonds is 16. The van der Waals surface area contributed by atoms with Crippen LogP contribution in [0.2, 0.25) is 0 Å². The average molecular weight is 748 g/mol. The fraction of sp³-hybridized carbons (Fsp3) is 0.489. The predicted octanol–water partition coefficient (Wildman–Crippen LogP) is 8.74. The van der Waals surface area contributed by atoms with Gasteiger partial charge in [-0.25, -0.2) is 0 Å². The summed E-state index contributed by atoms with van der Waals surface area (Å²) in [5, 5.41) is 6.26. The number of carbonyl (C=O) groups is 3. The largest absolute Gasteiger partial charge is 0.466 e. The van der Waals surface area contributed by atoms with Gasteiger partial charge in [0.25, 0.3) is 0 Å². The van der Waals surface area contributed by atoms with Crippen LogP contribution in [0.25, 0.3) is 0 Å². The van der Waals surface area contributed by atoms with Gasteiger partial charge in [0.1, 0.15) is 12.0 Å². The zero-order valence-corrected chi connectivity index (χ0v) is 34.5. The van der Waals surface area contributed by atoms with Crippen molar-refractivity contribution in [2.24, 2.45) is 5.41 Å². The third-order valence-corrected chi connectivity index (χ3v) is 11.6. The van der Waals surface area contributed by atoms with Gasteiger partial charge in [-0.05, 0) is 95.6 Å². The number of para-hydroxylation sites is 2. The summed E-state index contributed by atoms with van der Waals surface area (Å²) < 4.78 is 7.43. The van der Waals surface area contributed by atoms with Crippen LogP contribution in [0, 0.1) is 5.41 Å². The monoisotopic (exact) mass is 747 g/mol. The summed E-state index contributed by atoms with van der Waals surface area (Å²) in [6, 6.07) is 17.2. The number of esters is 1. The minimum absolute atomic E-state index is 0.195. The molecule has 294 valence electrons. The Morgan fingerprint density at radius 1 is 0.800 bits per heavy atom. The van der Waals surface area contributed by atoms with Crippen molar-refractivity contribution in [2.45, 2.75) is 111 Å². The lowest BCUT2D eigenvalue weighted by atomic mass is 9.70. The normalized spacial score (nSPS) is 21.2. The van der Waals surface area contributed by atoms with Crippen molar-refractivity contribution in [1.82, 2.24) is 10.6 Å². The Morgan fingerprint density at radius 2 is 1.49 bits per heavy atom. The van der Waals surface area contributed by atoms with E-state index in [-0.39, 0.29) is 41.5 Å². The van der Waals surface area contributed by atoms with E-state index in [1.54, 1.807) is 6.92 Å². The van der Waals surface area contributed by atoms with Crippen LogP contribution in [0.4, 0.5) is 11.4 Å². The number of amides is 2. The number of hydrogen-bond acceptors (Lipinski definition) is 5. The third kappa shape index (κ3) is 8.58. The van der Waals surface area contributed by atoms with Crippen molar-refractivity contribution >= 4 is 34.9 Å². The SMILES string of the molecule is CCCNC(=O)C1(C(=O)NCCCCCC(=O)OCC)CC(/C=C/C2=[N+](CC)c3ccccc3C2(C)C)=CC(=C/C=C2/N(CC)c3ccccc3C2(C)C)/C1. The van der Waals surface area contributed by atoms with Crippen molar-refractivity contribution in [3.63, 3.8) is 0 Å². The first-order chi connectivity index (χ1) is 26.3. The number of allylic oxidation sites excluding steroid dienone is 8. The van der Waals surface area contributed by atoms with Crippen molar-refractivity contribution in [3.05, 3.63) is 107 Å². The van der Waals surface area contributed by atoms with Crippen LogP contribution in [-0.4, -0.2) is 60.9 Å². The molecule has 1 unspecified atom stereocenters. The van der Waals surface area contributed by atoms with Gasteiger partial charge in [0, 0.05) is 60.6 Å². The number of hydrogen-bond donors (Lipinski definition) is 2. The summed E-state index contributed by atoms with van der Waals surface area (Å²) in [4.78, 5) is 43.1. The highest BCUT2D eigenvalue weighted by molar-refractivity contribution is 6.06. The number of anilines is 1. The number of benzene rings is 2. The minimum atomic E-state index is -1.33. The summed E-state index contributed by atoms with van der Waals surface area (Å²) in [5.74, 6) is -0.699. The van der Waals surface area contributed by atoms with Gasteiger partial charge >= 0.3 is 5.97 Å². The number of carbonyl (C=O) groups excluding carboxylic acids is 3. The highest BCUT2D eigenvalue weighted by Crippen LogP contribution is 2.48. The summed E-state index contributed by atoms with van der Waals surface area (Å²) in [5.41, 5.74) is 7.50. The maximum absolute atomic E-state index is 14.5. The Hall–Kier alpha value is -4.72. The molecule has 8 nitrogen and oxygen atoms in total.